The van der Waals surface area contributed by atoms with Crippen molar-refractivity contribution in [3.63, 3.8) is 0 Å². The average Bonchev–Trinajstić information content (AvgIpc) is 2.88. The molecule has 2 heterocycles. The Labute approximate surface area is 120 Å². The molecule has 7 nitrogen and oxygen atoms in total. The standard InChI is InChI=1S/C12H23N5O2S/c1-15(2)11-3-6-17(7-4-11)20(18,19)12-9-14-16(10-12)8-5-13/h9-11H,3-8,13H2,1-2H3. The lowest BCUT2D eigenvalue weighted by Crippen LogP contribution is -2.44. The summed E-state index contributed by atoms with van der Waals surface area (Å²) >= 11 is 0. The smallest absolute Gasteiger partial charge is 0.246 e. The number of rotatable bonds is 5. The molecule has 0 atom stereocenters. The third-order valence-electron chi connectivity index (χ3n) is 3.76. The maximum Gasteiger partial charge on any atom is 0.246 e. The molecule has 0 saturated carbocycles. The molecule has 1 saturated heterocycles. The first-order valence-corrected chi connectivity index (χ1v) is 8.28. The molecule has 0 bridgehead atoms. The van der Waals surface area contributed by atoms with Crippen molar-refractivity contribution in [2.45, 2.75) is 30.3 Å². The molecule has 0 aliphatic carbocycles. The number of aromatic nitrogens is 2. The first-order chi connectivity index (χ1) is 9.45. The van der Waals surface area contributed by atoms with Crippen LogP contribution < -0.4 is 5.73 Å². The van der Waals surface area contributed by atoms with Crippen molar-refractivity contribution in [3.05, 3.63) is 12.4 Å². The van der Waals surface area contributed by atoms with Crippen LogP contribution >= 0.6 is 0 Å². The number of sulfonamides is 1. The second kappa shape index (κ2) is 6.21. The van der Waals surface area contributed by atoms with Gasteiger partial charge in [-0.3, -0.25) is 4.68 Å². The normalized spacial score (nSPS) is 18.8. The van der Waals surface area contributed by atoms with E-state index in [0.29, 0.717) is 32.2 Å². The molecule has 1 fully saturated rings. The minimum atomic E-state index is -3.42. The van der Waals surface area contributed by atoms with Gasteiger partial charge in [-0.15, -0.1) is 0 Å². The van der Waals surface area contributed by atoms with E-state index in [1.54, 1.807) is 15.2 Å². The summed E-state index contributed by atoms with van der Waals surface area (Å²) in [5, 5.41) is 4.03. The fourth-order valence-corrected chi connectivity index (χ4v) is 3.91. The van der Waals surface area contributed by atoms with E-state index >= 15 is 0 Å². The summed E-state index contributed by atoms with van der Waals surface area (Å²) in [7, 11) is 0.649. The summed E-state index contributed by atoms with van der Waals surface area (Å²) in [5.41, 5.74) is 5.44. The maximum absolute atomic E-state index is 12.5. The molecule has 0 spiro atoms. The average molecular weight is 301 g/mol. The molecule has 2 N–H and O–H groups in total. The Morgan fingerprint density at radius 1 is 1.40 bits per heavy atom. The summed E-state index contributed by atoms with van der Waals surface area (Å²) in [6.07, 6.45) is 4.69. The van der Waals surface area contributed by atoms with Gasteiger partial charge < -0.3 is 10.6 Å². The van der Waals surface area contributed by atoms with Gasteiger partial charge in [0.1, 0.15) is 4.90 Å². The van der Waals surface area contributed by atoms with Crippen LogP contribution in [0.25, 0.3) is 0 Å². The van der Waals surface area contributed by atoms with Gasteiger partial charge in [0.2, 0.25) is 10.0 Å². The van der Waals surface area contributed by atoms with Crippen LogP contribution in [0.1, 0.15) is 12.8 Å². The van der Waals surface area contributed by atoms with Crippen molar-refractivity contribution in [2.24, 2.45) is 5.73 Å². The SMILES string of the molecule is CN(C)C1CCN(S(=O)(=O)c2cnn(CCN)c2)CC1. The van der Waals surface area contributed by atoms with Crippen LogP contribution in [0.2, 0.25) is 0 Å². The fourth-order valence-electron chi connectivity index (χ4n) is 2.48. The van der Waals surface area contributed by atoms with Gasteiger partial charge in [0, 0.05) is 31.9 Å². The Balaban J connectivity index is 2.07. The summed E-state index contributed by atoms with van der Waals surface area (Å²) in [6.45, 7) is 2.09. The number of nitrogens with two attached hydrogens (primary N) is 1. The van der Waals surface area contributed by atoms with Crippen LogP contribution in [-0.4, -0.2) is 67.2 Å². The lowest BCUT2D eigenvalue weighted by atomic mass is 10.1. The van der Waals surface area contributed by atoms with Crippen LogP contribution in [-0.2, 0) is 16.6 Å². The predicted octanol–water partition coefficient (Wildman–Crippen LogP) is -0.443. The van der Waals surface area contributed by atoms with Crippen LogP contribution in [0.15, 0.2) is 17.3 Å². The van der Waals surface area contributed by atoms with Gasteiger partial charge in [-0.25, -0.2) is 8.42 Å². The van der Waals surface area contributed by atoms with Gasteiger partial charge in [0.15, 0.2) is 0 Å². The molecule has 0 radical (unpaired) electrons. The molecule has 2 rings (SSSR count). The van der Waals surface area contributed by atoms with Crippen LogP contribution in [0.3, 0.4) is 0 Å². The monoisotopic (exact) mass is 301 g/mol. The van der Waals surface area contributed by atoms with Gasteiger partial charge >= 0.3 is 0 Å². The van der Waals surface area contributed by atoms with E-state index < -0.39 is 10.0 Å². The topological polar surface area (TPSA) is 84.5 Å². The molecule has 8 heteroatoms. The number of hydrogen-bond acceptors (Lipinski definition) is 5. The highest BCUT2D eigenvalue weighted by molar-refractivity contribution is 7.89. The van der Waals surface area contributed by atoms with Crippen molar-refractivity contribution < 1.29 is 8.42 Å². The van der Waals surface area contributed by atoms with E-state index in [1.807, 2.05) is 14.1 Å². The molecule has 0 unspecified atom stereocenters. The highest BCUT2D eigenvalue weighted by atomic mass is 32.2. The third-order valence-corrected chi connectivity index (χ3v) is 5.61. The van der Waals surface area contributed by atoms with E-state index in [-0.39, 0.29) is 4.90 Å². The molecule has 0 aromatic carbocycles. The zero-order valence-corrected chi connectivity index (χ0v) is 12.9. The minimum Gasteiger partial charge on any atom is -0.329 e. The van der Waals surface area contributed by atoms with Gasteiger partial charge in [0.05, 0.1) is 12.7 Å². The minimum absolute atomic E-state index is 0.259. The first kappa shape index (κ1) is 15.4. The van der Waals surface area contributed by atoms with E-state index in [9.17, 15) is 8.42 Å². The lowest BCUT2D eigenvalue weighted by Gasteiger charge is -2.34. The highest BCUT2D eigenvalue weighted by Crippen LogP contribution is 2.21. The summed E-state index contributed by atoms with van der Waals surface area (Å²) in [6, 6.07) is 0.460. The second-order valence-corrected chi connectivity index (χ2v) is 7.26. The van der Waals surface area contributed by atoms with Crippen molar-refractivity contribution in [1.29, 1.82) is 0 Å². The van der Waals surface area contributed by atoms with Crippen molar-refractivity contribution in [2.75, 3.05) is 33.7 Å². The Morgan fingerprint density at radius 2 is 2.05 bits per heavy atom. The first-order valence-electron chi connectivity index (χ1n) is 6.84. The zero-order valence-electron chi connectivity index (χ0n) is 12.1. The fraction of sp³-hybridized carbons (Fsp3) is 0.750. The molecular weight excluding hydrogens is 278 g/mol. The summed E-state index contributed by atoms with van der Waals surface area (Å²) in [5.74, 6) is 0. The van der Waals surface area contributed by atoms with E-state index in [2.05, 4.69) is 10.00 Å². The quantitative estimate of drug-likeness (QED) is 0.797. The van der Waals surface area contributed by atoms with Crippen LogP contribution in [0.5, 0.6) is 0 Å². The van der Waals surface area contributed by atoms with Crippen molar-refractivity contribution in [3.8, 4) is 0 Å². The zero-order chi connectivity index (χ0) is 14.8. The summed E-state index contributed by atoms with van der Waals surface area (Å²) in [4.78, 5) is 2.41. The molecule has 1 aliphatic heterocycles. The van der Waals surface area contributed by atoms with Gasteiger partial charge in [-0.05, 0) is 26.9 Å². The summed E-state index contributed by atoms with van der Waals surface area (Å²) < 4.78 is 28.1. The number of nitrogens with zero attached hydrogens (tertiary/aromatic N) is 4. The highest BCUT2D eigenvalue weighted by Gasteiger charge is 2.30. The Morgan fingerprint density at radius 3 is 2.60 bits per heavy atom. The third kappa shape index (κ3) is 3.20. The second-order valence-electron chi connectivity index (χ2n) is 5.33. The van der Waals surface area contributed by atoms with Gasteiger partial charge in [-0.1, -0.05) is 0 Å². The number of piperidine rings is 1. The molecule has 1 aromatic heterocycles. The predicted molar refractivity (Wildman–Crippen MR) is 76.7 cm³/mol. The van der Waals surface area contributed by atoms with Crippen molar-refractivity contribution in [1.82, 2.24) is 19.0 Å². The Kier molecular flexibility index (Phi) is 4.79. The Bertz CT molecular complexity index is 532. The Hall–Kier alpha value is -0.960. The van der Waals surface area contributed by atoms with E-state index in [4.69, 9.17) is 5.73 Å². The molecule has 1 aliphatic rings. The molecule has 0 amide bonds. The van der Waals surface area contributed by atoms with Gasteiger partial charge in [0.25, 0.3) is 0 Å². The van der Waals surface area contributed by atoms with Crippen LogP contribution in [0.4, 0.5) is 0 Å². The van der Waals surface area contributed by atoms with Crippen molar-refractivity contribution >= 4 is 10.0 Å². The van der Waals surface area contributed by atoms with E-state index in [1.165, 1.54) is 6.20 Å². The molecule has 20 heavy (non-hydrogen) atoms. The van der Waals surface area contributed by atoms with E-state index in [0.717, 1.165) is 12.8 Å². The molecule has 114 valence electrons. The molecular formula is C12H23N5O2S. The molecule has 1 aromatic rings. The largest absolute Gasteiger partial charge is 0.329 e. The van der Waals surface area contributed by atoms with Crippen LogP contribution in [0, 0.1) is 0 Å². The maximum atomic E-state index is 12.5. The lowest BCUT2D eigenvalue weighted by molar-refractivity contribution is 0.196. The number of hydrogen-bond donors (Lipinski definition) is 1. The van der Waals surface area contributed by atoms with Gasteiger partial charge in [-0.2, -0.15) is 9.40 Å².